The molecule has 0 unspecified atom stereocenters. The maximum Gasteiger partial charge on any atom is 0.227 e. The van der Waals surface area contributed by atoms with E-state index in [4.69, 9.17) is 0 Å². The van der Waals surface area contributed by atoms with Crippen molar-refractivity contribution in [1.29, 1.82) is 0 Å². The van der Waals surface area contributed by atoms with Crippen molar-refractivity contribution in [3.05, 3.63) is 47.7 Å². The second-order valence-electron chi connectivity index (χ2n) is 6.76. The molecule has 0 saturated carbocycles. The summed E-state index contributed by atoms with van der Waals surface area (Å²) < 4.78 is 1.74. The van der Waals surface area contributed by atoms with E-state index >= 15 is 0 Å². The molecule has 140 valence electrons. The summed E-state index contributed by atoms with van der Waals surface area (Å²) in [6, 6.07) is 7.78. The second-order valence-corrected chi connectivity index (χ2v) is 6.76. The maximum absolute atomic E-state index is 13.0. The summed E-state index contributed by atoms with van der Waals surface area (Å²) >= 11 is 0. The zero-order valence-electron chi connectivity index (χ0n) is 16.2. The van der Waals surface area contributed by atoms with Gasteiger partial charge >= 0.3 is 0 Å². The molecule has 3 rings (SSSR count). The van der Waals surface area contributed by atoms with E-state index < -0.39 is 0 Å². The fraction of sp³-hybridized carbons (Fsp3) is 0.333. The Morgan fingerprint density at radius 2 is 1.96 bits per heavy atom. The summed E-state index contributed by atoms with van der Waals surface area (Å²) in [7, 11) is 1.86. The number of amides is 1. The van der Waals surface area contributed by atoms with Crippen LogP contribution in [-0.4, -0.2) is 33.2 Å². The van der Waals surface area contributed by atoms with E-state index in [9.17, 15) is 9.59 Å². The monoisotopic (exact) mass is 364 g/mol. The highest BCUT2D eigenvalue weighted by molar-refractivity contribution is 6.01. The smallest absolute Gasteiger partial charge is 0.227 e. The third-order valence-electron chi connectivity index (χ3n) is 4.80. The highest BCUT2D eigenvalue weighted by Crippen LogP contribution is 2.38. The minimum absolute atomic E-state index is 0.0159. The number of ketones is 1. The van der Waals surface area contributed by atoms with Gasteiger partial charge in [-0.05, 0) is 38.0 Å². The van der Waals surface area contributed by atoms with E-state index in [1.54, 1.807) is 9.58 Å². The Labute approximate surface area is 159 Å². The lowest BCUT2D eigenvalue weighted by atomic mass is 9.96. The fourth-order valence-electron chi connectivity index (χ4n) is 3.37. The zero-order chi connectivity index (χ0) is 19.6. The van der Waals surface area contributed by atoms with Crippen LogP contribution in [0.5, 0.6) is 0 Å². The molecular weight excluding hydrogens is 340 g/mol. The lowest BCUT2D eigenvalue weighted by Crippen LogP contribution is -2.34. The molecule has 0 fully saturated rings. The first-order valence-electron chi connectivity index (χ1n) is 9.05. The van der Waals surface area contributed by atoms with Gasteiger partial charge in [-0.3, -0.25) is 4.79 Å². The molecule has 1 aromatic carbocycles. The molecular formula is C21H24N4O2. The predicted octanol–water partition coefficient (Wildman–Crippen LogP) is 3.55. The Kier molecular flexibility index (Phi) is 5.35. The molecule has 0 N–H and O–H groups in total. The largest absolute Gasteiger partial charge is 0.307 e. The number of aromatic nitrogens is 3. The molecule has 1 aromatic heterocycles. The lowest BCUT2D eigenvalue weighted by molar-refractivity contribution is -0.122. The molecule has 0 radical (unpaired) electrons. The SMILES string of the molecule is C/C=C\C1=C(C)c2nnn(C)c2-c2ccccc2N(C(=O)CCC(C)=O)C1. The number of nitrogens with zero attached hydrogens (tertiary/aromatic N) is 4. The van der Waals surface area contributed by atoms with Gasteiger partial charge in [0.25, 0.3) is 0 Å². The number of rotatable bonds is 4. The van der Waals surface area contributed by atoms with Crippen LogP contribution < -0.4 is 4.90 Å². The van der Waals surface area contributed by atoms with Gasteiger partial charge in [0.1, 0.15) is 11.5 Å². The topological polar surface area (TPSA) is 68.1 Å². The highest BCUT2D eigenvalue weighted by Gasteiger charge is 2.27. The number of fused-ring (bicyclic) bond motifs is 3. The molecule has 2 heterocycles. The van der Waals surface area contributed by atoms with Crippen LogP contribution in [0.1, 0.15) is 39.3 Å². The number of carbonyl (C=O) groups is 2. The highest BCUT2D eigenvalue weighted by atomic mass is 16.2. The van der Waals surface area contributed by atoms with Gasteiger partial charge in [-0.2, -0.15) is 0 Å². The molecule has 0 spiro atoms. The van der Waals surface area contributed by atoms with E-state index in [1.165, 1.54) is 6.92 Å². The molecule has 0 atom stereocenters. The Balaban J connectivity index is 2.21. The molecule has 6 heteroatoms. The number of Topliss-reactive ketones (excluding diaryl/α,β-unsaturated/α-hetero) is 1. The van der Waals surface area contributed by atoms with E-state index in [2.05, 4.69) is 10.3 Å². The molecule has 1 aliphatic rings. The van der Waals surface area contributed by atoms with Gasteiger partial charge in [-0.1, -0.05) is 35.6 Å². The van der Waals surface area contributed by atoms with Gasteiger partial charge in [0, 0.05) is 25.5 Å². The standard InChI is InChI=1S/C21H24N4O2/c1-5-8-16-13-25(19(27)12-11-14(2)26)18-10-7-6-9-17(18)21-20(15(16)3)22-23-24(21)4/h5-10H,11-13H2,1-4H3/b8-5-,16-15?. The van der Waals surface area contributed by atoms with Crippen molar-refractivity contribution in [2.45, 2.75) is 33.6 Å². The zero-order valence-corrected chi connectivity index (χ0v) is 16.2. The molecule has 1 aliphatic heterocycles. The minimum Gasteiger partial charge on any atom is -0.307 e. The van der Waals surface area contributed by atoms with Gasteiger partial charge in [-0.15, -0.1) is 5.10 Å². The Morgan fingerprint density at radius 1 is 1.22 bits per heavy atom. The van der Waals surface area contributed by atoms with Crippen molar-refractivity contribution in [3.63, 3.8) is 0 Å². The van der Waals surface area contributed by atoms with Crippen LogP contribution in [-0.2, 0) is 16.6 Å². The molecule has 1 amide bonds. The van der Waals surface area contributed by atoms with Crippen LogP contribution in [0.25, 0.3) is 16.8 Å². The molecule has 0 aliphatic carbocycles. The number of anilines is 1. The van der Waals surface area contributed by atoms with Gasteiger partial charge in [-0.25, -0.2) is 4.68 Å². The summed E-state index contributed by atoms with van der Waals surface area (Å²) in [5.41, 5.74) is 5.44. The number of hydrogen-bond donors (Lipinski definition) is 0. The number of benzene rings is 1. The average molecular weight is 364 g/mol. The quantitative estimate of drug-likeness (QED) is 0.832. The number of carbonyl (C=O) groups excluding carboxylic acids is 2. The molecule has 27 heavy (non-hydrogen) atoms. The van der Waals surface area contributed by atoms with Crippen LogP contribution in [0, 0.1) is 0 Å². The molecule has 2 aromatic rings. The van der Waals surface area contributed by atoms with Crippen molar-refractivity contribution in [2.24, 2.45) is 7.05 Å². The van der Waals surface area contributed by atoms with Gasteiger partial charge in [0.15, 0.2) is 0 Å². The normalized spacial score (nSPS) is 14.0. The van der Waals surface area contributed by atoms with Crippen molar-refractivity contribution in [2.75, 3.05) is 11.4 Å². The van der Waals surface area contributed by atoms with Gasteiger partial charge in [0.2, 0.25) is 5.91 Å². The molecule has 0 saturated heterocycles. The van der Waals surface area contributed by atoms with Crippen LogP contribution in [0.15, 0.2) is 42.0 Å². The van der Waals surface area contributed by atoms with Crippen molar-refractivity contribution in [1.82, 2.24) is 15.0 Å². The first kappa shape index (κ1) is 18.8. The average Bonchev–Trinajstić information content (AvgIpc) is 3.02. The third-order valence-corrected chi connectivity index (χ3v) is 4.80. The van der Waals surface area contributed by atoms with Gasteiger partial charge in [0.05, 0.1) is 17.9 Å². The van der Waals surface area contributed by atoms with Crippen molar-refractivity contribution in [3.8, 4) is 11.3 Å². The summed E-state index contributed by atoms with van der Waals surface area (Å²) in [6.07, 6.45) is 4.41. The lowest BCUT2D eigenvalue weighted by Gasteiger charge is -2.28. The summed E-state index contributed by atoms with van der Waals surface area (Å²) in [5, 5.41) is 8.59. The summed E-state index contributed by atoms with van der Waals surface area (Å²) in [6.45, 7) is 5.90. The molecule has 6 nitrogen and oxygen atoms in total. The van der Waals surface area contributed by atoms with E-state index in [1.807, 2.05) is 57.3 Å². The second kappa shape index (κ2) is 7.70. The summed E-state index contributed by atoms with van der Waals surface area (Å²) in [5.74, 6) is -0.0479. The number of allylic oxidation sites excluding steroid dienone is 2. The first-order chi connectivity index (χ1) is 12.9. The van der Waals surface area contributed by atoms with Crippen LogP contribution >= 0.6 is 0 Å². The Hall–Kier alpha value is -3.02. The van der Waals surface area contributed by atoms with Gasteiger partial charge < -0.3 is 9.69 Å². The minimum atomic E-state index is -0.0639. The van der Waals surface area contributed by atoms with Crippen LogP contribution in [0.4, 0.5) is 5.69 Å². The van der Waals surface area contributed by atoms with E-state index in [0.717, 1.165) is 33.8 Å². The van der Waals surface area contributed by atoms with Crippen LogP contribution in [0.3, 0.4) is 0 Å². The number of hydrogen-bond acceptors (Lipinski definition) is 4. The van der Waals surface area contributed by atoms with Crippen molar-refractivity contribution < 1.29 is 9.59 Å². The maximum atomic E-state index is 13.0. The Bertz CT molecular complexity index is 953. The Morgan fingerprint density at radius 3 is 2.67 bits per heavy atom. The fourth-order valence-corrected chi connectivity index (χ4v) is 3.37. The third kappa shape index (κ3) is 3.60. The van der Waals surface area contributed by atoms with Crippen LogP contribution in [0.2, 0.25) is 0 Å². The predicted molar refractivity (Wildman–Crippen MR) is 106 cm³/mol. The first-order valence-corrected chi connectivity index (χ1v) is 9.05. The van der Waals surface area contributed by atoms with E-state index in [0.29, 0.717) is 6.54 Å². The number of aryl methyl sites for hydroxylation is 1. The van der Waals surface area contributed by atoms with E-state index in [-0.39, 0.29) is 24.5 Å². The summed E-state index contributed by atoms with van der Waals surface area (Å²) in [4.78, 5) is 26.2. The van der Waals surface area contributed by atoms with Crippen molar-refractivity contribution >= 4 is 23.0 Å². The number of para-hydroxylation sites is 1. The molecule has 0 bridgehead atoms.